The Morgan fingerprint density at radius 3 is 2.81 bits per heavy atom. The molecular formula is C16H17F5N4O2. The number of aliphatic hydroxyl groups excluding tert-OH is 1. The maximum atomic E-state index is 13.6. The number of carbonyl (C=O) groups excluding carboxylic acids is 1. The maximum absolute atomic E-state index is 13.6. The van der Waals surface area contributed by atoms with Crippen molar-refractivity contribution in [2.24, 2.45) is 5.92 Å². The van der Waals surface area contributed by atoms with Gasteiger partial charge in [0.1, 0.15) is 0 Å². The van der Waals surface area contributed by atoms with Gasteiger partial charge in [0.25, 0.3) is 5.92 Å². The first-order chi connectivity index (χ1) is 12.6. The van der Waals surface area contributed by atoms with E-state index in [2.05, 4.69) is 15.3 Å². The van der Waals surface area contributed by atoms with E-state index in [0.29, 0.717) is 0 Å². The van der Waals surface area contributed by atoms with Gasteiger partial charge in [-0.1, -0.05) is 0 Å². The summed E-state index contributed by atoms with van der Waals surface area (Å²) in [6, 6.07) is 4.05. The average molecular weight is 392 g/mol. The van der Waals surface area contributed by atoms with E-state index in [1.54, 1.807) is 0 Å². The van der Waals surface area contributed by atoms with Crippen LogP contribution in [0.3, 0.4) is 0 Å². The molecule has 11 heteroatoms. The van der Waals surface area contributed by atoms with Gasteiger partial charge in [-0.15, -0.1) is 0 Å². The number of hydrogen-bond donors (Lipinski definition) is 3. The Hall–Kier alpha value is -2.27. The number of amides is 1. The Bertz CT molecular complexity index is 836. The predicted octanol–water partition coefficient (Wildman–Crippen LogP) is 2.47. The summed E-state index contributed by atoms with van der Waals surface area (Å²) in [6.45, 7) is -0.957. The fourth-order valence-electron chi connectivity index (χ4n) is 3.01. The van der Waals surface area contributed by atoms with Crippen molar-refractivity contribution in [3.63, 3.8) is 0 Å². The third kappa shape index (κ3) is 4.35. The molecule has 1 amide bonds. The van der Waals surface area contributed by atoms with E-state index >= 15 is 0 Å². The molecule has 0 aliphatic carbocycles. The highest BCUT2D eigenvalue weighted by atomic mass is 19.4. The number of likely N-dealkylation sites (tertiary alicyclic amines) is 1. The molecule has 1 aromatic carbocycles. The molecule has 2 aromatic rings. The Morgan fingerprint density at radius 1 is 1.41 bits per heavy atom. The van der Waals surface area contributed by atoms with Crippen molar-refractivity contribution in [2.45, 2.75) is 18.5 Å². The van der Waals surface area contributed by atoms with Crippen molar-refractivity contribution in [1.82, 2.24) is 14.9 Å². The number of aromatic amines is 1. The van der Waals surface area contributed by atoms with Crippen LogP contribution in [0.5, 0.6) is 0 Å². The highest BCUT2D eigenvalue weighted by molar-refractivity contribution is 5.94. The molecule has 0 bridgehead atoms. The average Bonchev–Trinajstić information content (AvgIpc) is 3.00. The number of aromatic nitrogens is 2. The van der Waals surface area contributed by atoms with Crippen LogP contribution in [0, 0.1) is 5.92 Å². The molecular weight excluding hydrogens is 375 g/mol. The number of benzene rings is 1. The van der Waals surface area contributed by atoms with E-state index < -0.39 is 42.8 Å². The van der Waals surface area contributed by atoms with Crippen LogP contribution in [0.1, 0.15) is 12.2 Å². The van der Waals surface area contributed by atoms with Gasteiger partial charge in [0.2, 0.25) is 11.7 Å². The molecule has 2 heterocycles. The number of alkyl halides is 5. The minimum atomic E-state index is -4.61. The van der Waals surface area contributed by atoms with Crippen LogP contribution in [0.4, 0.5) is 27.6 Å². The second-order valence-electron chi connectivity index (χ2n) is 6.49. The molecule has 148 valence electrons. The molecule has 0 radical (unpaired) electrons. The van der Waals surface area contributed by atoms with Crippen LogP contribution in [0.2, 0.25) is 0 Å². The van der Waals surface area contributed by atoms with Gasteiger partial charge in [-0.3, -0.25) is 9.69 Å². The van der Waals surface area contributed by atoms with E-state index in [4.69, 9.17) is 5.11 Å². The topological polar surface area (TPSA) is 81.2 Å². The van der Waals surface area contributed by atoms with E-state index in [1.807, 2.05) is 0 Å². The molecule has 1 atom stereocenters. The Labute approximate surface area is 150 Å². The number of imidazole rings is 1. The normalized spacial score (nSPS) is 20.7. The fraction of sp³-hybridized carbons (Fsp3) is 0.500. The molecule has 1 unspecified atom stereocenters. The third-order valence-corrected chi connectivity index (χ3v) is 4.46. The minimum absolute atomic E-state index is 0.00540. The van der Waals surface area contributed by atoms with Crippen LogP contribution in [0.15, 0.2) is 18.2 Å². The number of nitrogens with one attached hydrogen (secondary N) is 2. The number of carbonyl (C=O) groups is 1. The zero-order valence-corrected chi connectivity index (χ0v) is 14.0. The van der Waals surface area contributed by atoms with Gasteiger partial charge >= 0.3 is 6.18 Å². The largest absolute Gasteiger partial charge is 0.449 e. The predicted molar refractivity (Wildman–Crippen MR) is 86.3 cm³/mol. The maximum Gasteiger partial charge on any atom is 0.449 e. The highest BCUT2D eigenvalue weighted by Gasteiger charge is 2.43. The number of nitrogens with zero attached hydrogens (tertiary/aromatic N) is 2. The number of halogens is 5. The first-order valence-corrected chi connectivity index (χ1v) is 8.16. The number of piperidine rings is 1. The Balaban J connectivity index is 1.64. The molecule has 3 N–H and O–H groups in total. The summed E-state index contributed by atoms with van der Waals surface area (Å²) < 4.78 is 65.2. The molecule has 1 fully saturated rings. The van der Waals surface area contributed by atoms with Crippen molar-refractivity contribution < 1.29 is 31.9 Å². The van der Waals surface area contributed by atoms with E-state index in [9.17, 15) is 26.7 Å². The van der Waals surface area contributed by atoms with Gasteiger partial charge in [0, 0.05) is 25.2 Å². The number of rotatable bonds is 4. The van der Waals surface area contributed by atoms with Gasteiger partial charge in [-0.05, 0) is 18.2 Å². The van der Waals surface area contributed by atoms with Gasteiger partial charge in [-0.25, -0.2) is 13.8 Å². The Kier molecular flexibility index (Phi) is 5.08. The summed E-state index contributed by atoms with van der Waals surface area (Å²) in [5.41, 5.74) is 0.466. The number of hydrogen-bond acceptors (Lipinski definition) is 4. The van der Waals surface area contributed by atoms with Crippen molar-refractivity contribution in [3.05, 3.63) is 24.0 Å². The summed E-state index contributed by atoms with van der Waals surface area (Å²) in [7, 11) is 0. The molecule has 1 saturated heterocycles. The molecule has 0 saturated carbocycles. The van der Waals surface area contributed by atoms with Gasteiger partial charge in [-0.2, -0.15) is 13.2 Å². The lowest BCUT2D eigenvalue weighted by Gasteiger charge is -2.37. The van der Waals surface area contributed by atoms with Crippen LogP contribution < -0.4 is 5.32 Å². The number of fused-ring (bicyclic) bond motifs is 1. The molecule has 1 aromatic heterocycles. The lowest BCUT2D eigenvalue weighted by molar-refractivity contribution is -0.144. The third-order valence-electron chi connectivity index (χ3n) is 4.46. The molecule has 6 nitrogen and oxygen atoms in total. The molecule has 1 aliphatic heterocycles. The van der Waals surface area contributed by atoms with E-state index in [1.165, 1.54) is 23.1 Å². The monoisotopic (exact) mass is 392 g/mol. The van der Waals surface area contributed by atoms with Crippen molar-refractivity contribution in [1.29, 1.82) is 0 Å². The number of aliphatic hydroxyl groups is 1. The quantitative estimate of drug-likeness (QED) is 0.699. The number of H-pyrrole nitrogens is 1. The minimum Gasteiger partial charge on any atom is -0.396 e. The standard InChI is InChI=1S/C16H17F5N4O2/c17-15(18)3-4-25(6-9(15)8-26)7-13(27)22-10-1-2-11-12(5-10)24-14(23-11)16(19,20)21/h1-2,5,9,26H,3-4,6-8H2,(H,22,27)(H,23,24). The van der Waals surface area contributed by atoms with Crippen molar-refractivity contribution >= 4 is 22.6 Å². The molecule has 27 heavy (non-hydrogen) atoms. The SMILES string of the molecule is O=C(CN1CCC(F)(F)C(CO)C1)Nc1ccc2nc(C(F)(F)F)[nH]c2c1. The molecule has 1 aliphatic rings. The lowest BCUT2D eigenvalue weighted by Crippen LogP contribution is -2.50. The molecule has 0 spiro atoms. The smallest absolute Gasteiger partial charge is 0.396 e. The van der Waals surface area contributed by atoms with Crippen LogP contribution in [-0.2, 0) is 11.0 Å². The summed E-state index contributed by atoms with van der Waals surface area (Å²) in [5.74, 6) is -5.83. The van der Waals surface area contributed by atoms with Crippen LogP contribution in [0.25, 0.3) is 11.0 Å². The second kappa shape index (κ2) is 7.04. The zero-order valence-electron chi connectivity index (χ0n) is 14.0. The summed E-state index contributed by atoms with van der Waals surface area (Å²) in [4.78, 5) is 19.2. The van der Waals surface area contributed by atoms with E-state index in [-0.39, 0.29) is 36.4 Å². The first kappa shape index (κ1) is 19.5. The van der Waals surface area contributed by atoms with Crippen molar-refractivity contribution in [3.8, 4) is 0 Å². The zero-order chi connectivity index (χ0) is 19.8. The fourth-order valence-corrected chi connectivity index (χ4v) is 3.01. The van der Waals surface area contributed by atoms with Gasteiger partial charge in [0.05, 0.1) is 30.1 Å². The molecule has 3 rings (SSSR count). The second-order valence-corrected chi connectivity index (χ2v) is 6.49. The summed E-state index contributed by atoms with van der Waals surface area (Å²) >= 11 is 0. The lowest BCUT2D eigenvalue weighted by atomic mass is 9.94. The summed E-state index contributed by atoms with van der Waals surface area (Å²) in [6.07, 6.45) is -5.06. The van der Waals surface area contributed by atoms with Gasteiger partial charge in [0.15, 0.2) is 0 Å². The van der Waals surface area contributed by atoms with Crippen LogP contribution >= 0.6 is 0 Å². The summed E-state index contributed by atoms with van der Waals surface area (Å²) in [5, 5.41) is 11.6. The Morgan fingerprint density at radius 2 is 2.15 bits per heavy atom. The van der Waals surface area contributed by atoms with E-state index in [0.717, 1.165) is 0 Å². The highest BCUT2D eigenvalue weighted by Crippen LogP contribution is 2.33. The van der Waals surface area contributed by atoms with Gasteiger partial charge < -0.3 is 15.4 Å². The van der Waals surface area contributed by atoms with Crippen molar-refractivity contribution in [2.75, 3.05) is 31.6 Å². The number of anilines is 1. The first-order valence-electron chi connectivity index (χ1n) is 8.16. The van der Waals surface area contributed by atoms with Crippen LogP contribution in [-0.4, -0.2) is 58.0 Å².